The fourth-order valence-electron chi connectivity index (χ4n) is 28.8. The molecule has 2 heteroatoms. The first-order valence-corrected chi connectivity index (χ1v) is 40.7. The van der Waals surface area contributed by atoms with Gasteiger partial charge < -0.3 is 9.80 Å². The molecule has 0 spiro atoms. The van der Waals surface area contributed by atoms with E-state index < -0.39 is 0 Å². The third-order valence-electron chi connectivity index (χ3n) is 32.2. The molecule has 18 fully saturated rings. The Morgan fingerprint density at radius 1 is 0.292 bits per heavy atom. The fourth-order valence-corrected chi connectivity index (χ4v) is 28.8. The van der Waals surface area contributed by atoms with Crippen LogP contribution in [0.1, 0.15) is 291 Å². The summed E-state index contributed by atoms with van der Waals surface area (Å²) in [7, 11) is 0. The van der Waals surface area contributed by atoms with Crippen molar-refractivity contribution in [3.05, 3.63) is 166 Å². The molecule has 0 aliphatic heterocycles. The zero-order valence-electron chi connectivity index (χ0n) is 59.7. The van der Waals surface area contributed by atoms with E-state index in [1.165, 1.54) is 259 Å². The van der Waals surface area contributed by atoms with Crippen LogP contribution in [0.4, 0.5) is 34.1 Å². The Hall–Kier alpha value is -5.34. The van der Waals surface area contributed by atoms with E-state index in [0.717, 1.165) is 71.0 Å². The van der Waals surface area contributed by atoms with Crippen molar-refractivity contribution in [1.29, 1.82) is 0 Å². The summed E-state index contributed by atoms with van der Waals surface area (Å²) in [5, 5.41) is 5.59. The van der Waals surface area contributed by atoms with Gasteiger partial charge in [-0.15, -0.1) is 0 Å². The van der Waals surface area contributed by atoms with Crippen molar-refractivity contribution in [2.45, 2.75) is 278 Å². The van der Waals surface area contributed by atoms with Gasteiger partial charge in [0.1, 0.15) is 0 Å². The van der Waals surface area contributed by atoms with Crippen LogP contribution in [0.5, 0.6) is 0 Å². The summed E-state index contributed by atoms with van der Waals surface area (Å²) in [5.74, 6) is 11.8. The Balaban J connectivity index is 0.865. The van der Waals surface area contributed by atoms with E-state index in [-0.39, 0.29) is 10.8 Å². The zero-order chi connectivity index (χ0) is 64.0. The summed E-state index contributed by atoms with van der Waals surface area (Å²) in [6, 6.07) is 54.0. The summed E-state index contributed by atoms with van der Waals surface area (Å²) < 4.78 is 0. The maximum Gasteiger partial charge on any atom is 0.0619 e. The number of hydrogen-bond acceptors (Lipinski definition) is 2. The van der Waals surface area contributed by atoms with Crippen LogP contribution in [0.15, 0.2) is 121 Å². The Labute approximate surface area is 577 Å². The van der Waals surface area contributed by atoms with Gasteiger partial charge in [-0.1, -0.05) is 153 Å². The maximum atomic E-state index is 3.08. The molecule has 18 saturated carbocycles. The second-order valence-corrected chi connectivity index (χ2v) is 39.6. The summed E-state index contributed by atoms with van der Waals surface area (Å²) in [6.45, 7) is 14.7. The summed E-state index contributed by atoms with van der Waals surface area (Å²) >= 11 is 0. The zero-order valence-corrected chi connectivity index (χ0v) is 59.7. The van der Waals surface area contributed by atoms with E-state index in [1.54, 1.807) is 33.4 Å². The molecule has 2 nitrogen and oxygen atoms in total. The van der Waals surface area contributed by atoms with Gasteiger partial charge in [0.2, 0.25) is 0 Å². The molecule has 7 aromatic rings. The average molecular weight is 1270 g/mol. The SMILES string of the molecule is CC(C)(C)c1cc(N(c2cc(C3CCCCC3)cc(C3CCCCC3)c2)c2c3ccccc3c(N(c3cc(C45CC6CC(CC4C6)C5)cc(C45CC6CC(CC4C6)C5)c3)c3cc(C45CC6CC(CC4C6)C5)cc(C45CC6CC4C[C@@H](C6)C5)c3)c3ccccc23)cc(C(C)(C)C)c1. The Bertz CT molecular complexity index is 3860. The number of fused-ring (bicyclic) bond motifs is 2. The summed E-state index contributed by atoms with van der Waals surface area (Å²) in [4.78, 5) is 5.96. The van der Waals surface area contributed by atoms with Crippen molar-refractivity contribution < 1.29 is 0 Å². The average Bonchev–Trinajstić information content (AvgIpc) is 1.36. The predicted octanol–water partition coefficient (Wildman–Crippen LogP) is 25.9. The standard InChI is InChI=1S/C94H112N2/c1-89(2,3)69-40-70(90(4,5)6)44-80(43-69)95(79-38-67(65-17-9-7-10-18-65)37-68(39-79)66-19-11-8-12-20-66)87-83-21-13-15-23-85(83)88(86-24-16-14-22-84(86)87)96(81-45-75(91-49-57-25-58(50-91)30-71(91)29-57)41-76(46-81)92-51-59-26-60(52-92)32-72(92)31-59)82-47-77(93-53-61-27-62(54-93)34-73(93)33-61)42-78(48-82)94-55-63-28-64(56-94)36-74(94)35-63/h13-16,21-24,37-48,57-66,71-74H,7-12,17-20,25-36,49-56H2,1-6H3/t57-,58?,59?,60?,61?,62?,63?,64?,71?,72?,73?,74?,91?,92?,93?,94?/m1/s1. The highest BCUT2D eigenvalue weighted by atomic mass is 15.2. The molecule has 10 atom stereocenters. The van der Waals surface area contributed by atoms with Crippen LogP contribution in [0, 0.1) is 71.0 Å². The minimum absolute atomic E-state index is 0.0454. The second-order valence-electron chi connectivity index (χ2n) is 39.6. The van der Waals surface area contributed by atoms with Gasteiger partial charge in [0.05, 0.1) is 11.4 Å². The molecule has 18 aliphatic carbocycles. The van der Waals surface area contributed by atoms with E-state index >= 15 is 0 Å². The van der Waals surface area contributed by atoms with Crippen LogP contribution in [0.25, 0.3) is 21.5 Å². The first-order chi connectivity index (χ1) is 46.5. The van der Waals surface area contributed by atoms with Crippen molar-refractivity contribution in [2.75, 3.05) is 9.80 Å². The molecule has 0 N–H and O–H groups in total. The van der Waals surface area contributed by atoms with E-state index in [1.807, 2.05) is 0 Å². The van der Waals surface area contributed by atoms with Crippen molar-refractivity contribution >= 4 is 55.7 Å². The highest BCUT2D eigenvalue weighted by Gasteiger charge is 2.63. The third kappa shape index (κ3) is 8.90. The van der Waals surface area contributed by atoms with Crippen LogP contribution < -0.4 is 9.80 Å². The van der Waals surface area contributed by atoms with Crippen molar-refractivity contribution in [2.24, 2.45) is 71.0 Å². The molecule has 96 heavy (non-hydrogen) atoms. The largest absolute Gasteiger partial charge is 0.309 e. The fraction of sp³-hybridized carbons (Fsp3) is 0.596. The van der Waals surface area contributed by atoms with Crippen LogP contribution in [0.3, 0.4) is 0 Å². The van der Waals surface area contributed by atoms with Crippen molar-refractivity contribution in [3.8, 4) is 0 Å². The second kappa shape index (κ2) is 21.1. The van der Waals surface area contributed by atoms with Gasteiger partial charge >= 0.3 is 0 Å². The highest BCUT2D eigenvalue weighted by Crippen LogP contribution is 2.72. The lowest BCUT2D eigenvalue weighted by atomic mass is 9.66. The normalized spacial score (nSPS) is 36.7. The molecule has 9 unspecified atom stereocenters. The number of rotatable bonds is 12. The molecular formula is C94H112N2. The van der Waals surface area contributed by atoms with Gasteiger partial charge in [0, 0.05) is 44.3 Å². The molecular weight excluding hydrogens is 1160 g/mol. The number of nitrogens with zero attached hydrogens (tertiary/aromatic N) is 2. The third-order valence-corrected chi connectivity index (χ3v) is 32.2. The number of anilines is 6. The molecule has 0 radical (unpaired) electrons. The smallest absolute Gasteiger partial charge is 0.0619 e. The molecule has 18 aliphatic rings. The molecule has 498 valence electrons. The molecule has 25 rings (SSSR count). The first kappa shape index (κ1) is 59.5. The van der Waals surface area contributed by atoms with E-state index in [2.05, 4.69) is 173 Å². The predicted molar refractivity (Wildman–Crippen MR) is 401 cm³/mol. The minimum Gasteiger partial charge on any atom is -0.309 e. The van der Waals surface area contributed by atoms with Gasteiger partial charge in [-0.2, -0.15) is 0 Å². The number of hydrogen-bond donors (Lipinski definition) is 0. The van der Waals surface area contributed by atoms with Gasteiger partial charge in [0.25, 0.3) is 0 Å². The van der Waals surface area contributed by atoms with Gasteiger partial charge in [0.15, 0.2) is 0 Å². The summed E-state index contributed by atoms with van der Waals surface area (Å²) in [5.41, 5.74) is 22.7. The monoisotopic (exact) mass is 1270 g/mol. The molecule has 0 aromatic heterocycles. The van der Waals surface area contributed by atoms with E-state index in [4.69, 9.17) is 0 Å². The lowest BCUT2D eigenvalue weighted by Crippen LogP contribution is -2.32. The Morgan fingerprint density at radius 3 is 0.844 bits per heavy atom. The molecule has 0 saturated heterocycles. The van der Waals surface area contributed by atoms with Crippen molar-refractivity contribution in [3.63, 3.8) is 0 Å². The minimum atomic E-state index is -0.0454. The van der Waals surface area contributed by atoms with Crippen molar-refractivity contribution in [1.82, 2.24) is 0 Å². The van der Waals surface area contributed by atoms with E-state index in [0.29, 0.717) is 33.5 Å². The van der Waals surface area contributed by atoms with Crippen LogP contribution in [-0.4, -0.2) is 0 Å². The first-order valence-electron chi connectivity index (χ1n) is 40.7. The Morgan fingerprint density at radius 2 is 0.562 bits per heavy atom. The maximum absolute atomic E-state index is 3.08. The molecule has 0 amide bonds. The quantitative estimate of drug-likeness (QED) is 0.0889. The molecule has 0 heterocycles. The van der Waals surface area contributed by atoms with Crippen LogP contribution in [0.2, 0.25) is 0 Å². The van der Waals surface area contributed by atoms with Crippen LogP contribution in [-0.2, 0) is 32.5 Å². The Kier molecular flexibility index (Phi) is 13.1. The lowest BCUT2D eigenvalue weighted by molar-refractivity contribution is 0.263. The van der Waals surface area contributed by atoms with Crippen LogP contribution >= 0.6 is 0 Å². The van der Waals surface area contributed by atoms with Gasteiger partial charge in [-0.25, -0.2) is 0 Å². The van der Waals surface area contributed by atoms with E-state index in [9.17, 15) is 0 Å². The lowest BCUT2D eigenvalue weighted by Gasteiger charge is -2.41. The molecule has 7 aromatic carbocycles. The molecule has 16 bridgehead atoms. The summed E-state index contributed by atoms with van der Waals surface area (Å²) in [6.07, 6.45) is 42.4. The van der Waals surface area contributed by atoms with Gasteiger partial charge in [-0.3, -0.25) is 0 Å². The topological polar surface area (TPSA) is 6.48 Å². The van der Waals surface area contributed by atoms with Gasteiger partial charge in [-0.05, 0) is 362 Å². The number of benzene rings is 7. The highest BCUT2D eigenvalue weighted by molar-refractivity contribution is 6.23.